The van der Waals surface area contributed by atoms with E-state index >= 15 is 0 Å². The minimum absolute atomic E-state index is 0.170. The van der Waals surface area contributed by atoms with Gasteiger partial charge >= 0.3 is 5.97 Å². The minimum Gasteiger partial charge on any atom is -0.461 e. The van der Waals surface area contributed by atoms with Crippen LogP contribution in [0.25, 0.3) is 0 Å². The first-order valence-corrected chi connectivity index (χ1v) is 9.10. The Morgan fingerprint density at radius 3 is 2.48 bits per heavy atom. The fourth-order valence-electron chi connectivity index (χ4n) is 3.31. The summed E-state index contributed by atoms with van der Waals surface area (Å²) in [6, 6.07) is 9.76. The van der Waals surface area contributed by atoms with Crippen molar-refractivity contribution in [2.75, 3.05) is 0 Å². The number of nitrogens with one attached hydrogen (secondary N) is 1. The predicted octanol–water partition coefficient (Wildman–Crippen LogP) is 4.35. The number of hydrogen-bond donors (Lipinski definition) is 1. The molecule has 0 radical (unpaired) electrons. The number of benzene rings is 1. The first-order valence-electron chi connectivity index (χ1n) is 9.10. The van der Waals surface area contributed by atoms with Crippen LogP contribution in [-0.4, -0.2) is 23.3 Å². The zero-order chi connectivity index (χ0) is 18.3. The Morgan fingerprint density at radius 2 is 1.92 bits per heavy atom. The van der Waals surface area contributed by atoms with E-state index in [1.54, 1.807) is 6.08 Å². The molecule has 1 aliphatic carbocycles. The Morgan fingerprint density at radius 1 is 1.28 bits per heavy atom. The summed E-state index contributed by atoms with van der Waals surface area (Å²) in [6.07, 6.45) is 5.96. The maximum atomic E-state index is 12.4. The molecule has 1 aromatic carbocycles. The van der Waals surface area contributed by atoms with Gasteiger partial charge in [0.2, 0.25) is 0 Å². The van der Waals surface area contributed by atoms with Crippen LogP contribution >= 0.6 is 0 Å². The highest BCUT2D eigenvalue weighted by Crippen LogP contribution is 2.34. The normalized spacial score (nSPS) is 17.9. The summed E-state index contributed by atoms with van der Waals surface area (Å²) >= 11 is 0. The highest BCUT2D eigenvalue weighted by molar-refractivity contribution is 5.71. The molecule has 1 N–H and O–H groups in total. The monoisotopic (exact) mass is 345 g/mol. The van der Waals surface area contributed by atoms with Gasteiger partial charge in [-0.3, -0.25) is 10.1 Å². The molecule has 1 saturated carbocycles. The second-order valence-corrected chi connectivity index (χ2v) is 7.84. The molecule has 4 heteroatoms. The van der Waals surface area contributed by atoms with Crippen molar-refractivity contribution in [2.24, 2.45) is 0 Å². The molecular weight excluding hydrogens is 314 g/mol. The van der Waals surface area contributed by atoms with Crippen LogP contribution in [-0.2, 0) is 20.9 Å². The highest BCUT2D eigenvalue weighted by Gasteiger charge is 2.38. The van der Waals surface area contributed by atoms with Crippen molar-refractivity contribution in [1.29, 1.82) is 0 Å². The Kier molecular flexibility index (Phi) is 6.79. The van der Waals surface area contributed by atoms with Crippen LogP contribution in [0, 0.1) is 0 Å². The van der Waals surface area contributed by atoms with Crippen LogP contribution in [0.15, 0.2) is 43.0 Å². The van der Waals surface area contributed by atoms with Gasteiger partial charge in [0.25, 0.3) is 0 Å². The molecule has 1 atom stereocenters. The van der Waals surface area contributed by atoms with Crippen LogP contribution in [0.3, 0.4) is 0 Å². The molecular formula is C21H31NO3. The Bertz CT molecular complexity index is 556. The minimum atomic E-state index is -0.278. The number of rotatable bonds is 8. The summed E-state index contributed by atoms with van der Waals surface area (Å²) < 4.78 is 11.5. The fraction of sp³-hybridized carbons (Fsp3) is 0.571. The molecule has 138 valence electrons. The largest absolute Gasteiger partial charge is 0.461 e. The van der Waals surface area contributed by atoms with Gasteiger partial charge in [0, 0.05) is 5.54 Å². The van der Waals surface area contributed by atoms with Gasteiger partial charge in [0.1, 0.15) is 12.8 Å². The van der Waals surface area contributed by atoms with E-state index < -0.39 is 0 Å². The number of ether oxygens (including phenoxy) is 2. The summed E-state index contributed by atoms with van der Waals surface area (Å²) in [7, 11) is 0. The number of carbonyl (C=O) groups is 1. The fourth-order valence-corrected chi connectivity index (χ4v) is 3.31. The van der Waals surface area contributed by atoms with Gasteiger partial charge in [-0.05, 0) is 45.3 Å². The zero-order valence-corrected chi connectivity index (χ0v) is 15.7. The van der Waals surface area contributed by atoms with E-state index in [1.165, 1.54) is 0 Å². The Labute approximate surface area is 151 Å². The molecule has 0 saturated heterocycles. The second kappa shape index (κ2) is 8.63. The van der Waals surface area contributed by atoms with Crippen molar-refractivity contribution in [1.82, 2.24) is 5.32 Å². The summed E-state index contributed by atoms with van der Waals surface area (Å²) in [5, 5.41) is 3.52. The predicted molar refractivity (Wildman–Crippen MR) is 100 cm³/mol. The highest BCUT2D eigenvalue weighted by atomic mass is 16.5. The first-order chi connectivity index (χ1) is 11.8. The quantitative estimate of drug-likeness (QED) is 0.432. The lowest BCUT2D eigenvalue weighted by Gasteiger charge is -2.36. The second-order valence-electron chi connectivity index (χ2n) is 7.84. The third kappa shape index (κ3) is 6.63. The smallest absolute Gasteiger partial charge is 0.307 e. The molecule has 1 aliphatic rings. The van der Waals surface area contributed by atoms with Crippen LogP contribution in [0.5, 0.6) is 0 Å². The Balaban J connectivity index is 1.94. The summed E-state index contributed by atoms with van der Waals surface area (Å²) in [4.78, 5) is 12.4. The van der Waals surface area contributed by atoms with Crippen molar-refractivity contribution in [3.8, 4) is 0 Å². The summed E-state index contributed by atoms with van der Waals surface area (Å²) in [5.41, 5.74) is 0.460. The number of esters is 1. The van der Waals surface area contributed by atoms with Gasteiger partial charge in [-0.1, -0.05) is 49.8 Å². The van der Waals surface area contributed by atoms with Crippen LogP contribution in [0.2, 0.25) is 0 Å². The molecule has 0 aliphatic heterocycles. The average Bonchev–Trinajstić information content (AvgIpc) is 3.00. The molecule has 0 amide bonds. The molecule has 25 heavy (non-hydrogen) atoms. The molecule has 4 nitrogen and oxygen atoms in total. The lowest BCUT2D eigenvalue weighted by Crippen LogP contribution is -2.51. The van der Waals surface area contributed by atoms with Crippen LogP contribution in [0.4, 0.5) is 0 Å². The van der Waals surface area contributed by atoms with Gasteiger partial charge in [0.15, 0.2) is 0 Å². The average molecular weight is 345 g/mol. The lowest BCUT2D eigenvalue weighted by atomic mass is 9.93. The van der Waals surface area contributed by atoms with Crippen LogP contribution in [0.1, 0.15) is 58.4 Å². The number of hydrogen-bond acceptors (Lipinski definition) is 4. The van der Waals surface area contributed by atoms with E-state index in [2.05, 4.69) is 11.9 Å². The van der Waals surface area contributed by atoms with Crippen molar-refractivity contribution >= 4 is 5.97 Å². The molecule has 0 heterocycles. The van der Waals surface area contributed by atoms with Gasteiger partial charge in [-0.25, -0.2) is 0 Å². The third-order valence-corrected chi connectivity index (χ3v) is 4.43. The SMILES string of the molecule is C=CC(NC1(CC(=O)OCc2ccccc2)CCCC1)OC(C)(C)C. The topological polar surface area (TPSA) is 47.6 Å². The molecule has 1 fully saturated rings. The van der Waals surface area contributed by atoms with Gasteiger partial charge < -0.3 is 9.47 Å². The maximum Gasteiger partial charge on any atom is 0.307 e. The third-order valence-electron chi connectivity index (χ3n) is 4.43. The van der Waals surface area contributed by atoms with E-state index in [-0.39, 0.29) is 23.3 Å². The standard InChI is InChI=1S/C21H31NO3/c1-5-18(25-20(2,3)4)22-21(13-9-10-14-21)15-19(23)24-16-17-11-7-6-8-12-17/h5-8,11-12,18,22H,1,9-10,13-16H2,2-4H3. The van der Waals surface area contributed by atoms with E-state index in [4.69, 9.17) is 9.47 Å². The van der Waals surface area contributed by atoms with E-state index in [0.717, 1.165) is 31.2 Å². The van der Waals surface area contributed by atoms with Crippen molar-refractivity contribution in [3.63, 3.8) is 0 Å². The molecule has 0 aromatic heterocycles. The van der Waals surface area contributed by atoms with Crippen molar-refractivity contribution in [2.45, 2.75) is 76.9 Å². The van der Waals surface area contributed by atoms with E-state index in [1.807, 2.05) is 51.1 Å². The number of carbonyl (C=O) groups excluding carboxylic acids is 1. The first kappa shape index (κ1) is 19.7. The summed E-state index contributed by atoms with van der Waals surface area (Å²) in [5.74, 6) is -0.170. The maximum absolute atomic E-state index is 12.4. The zero-order valence-electron chi connectivity index (χ0n) is 15.7. The molecule has 1 unspecified atom stereocenters. The van der Waals surface area contributed by atoms with E-state index in [0.29, 0.717) is 13.0 Å². The molecule has 0 spiro atoms. The van der Waals surface area contributed by atoms with Gasteiger partial charge in [-0.15, -0.1) is 0 Å². The van der Waals surface area contributed by atoms with Crippen LogP contribution < -0.4 is 5.32 Å². The Hall–Kier alpha value is -1.65. The summed E-state index contributed by atoms with van der Waals surface area (Å²) in [6.45, 7) is 10.2. The van der Waals surface area contributed by atoms with E-state index in [9.17, 15) is 4.79 Å². The molecule has 0 bridgehead atoms. The molecule has 1 aromatic rings. The van der Waals surface area contributed by atoms with Crippen molar-refractivity contribution in [3.05, 3.63) is 48.6 Å². The lowest BCUT2D eigenvalue weighted by molar-refractivity contribution is -0.147. The van der Waals surface area contributed by atoms with Gasteiger partial charge in [0.05, 0.1) is 12.0 Å². The molecule has 2 rings (SSSR count). The van der Waals surface area contributed by atoms with Crippen molar-refractivity contribution < 1.29 is 14.3 Å². The van der Waals surface area contributed by atoms with Gasteiger partial charge in [-0.2, -0.15) is 0 Å².